The third kappa shape index (κ3) is 7.80. The van der Waals surface area contributed by atoms with Crippen molar-refractivity contribution in [2.45, 2.75) is 33.5 Å². The maximum absolute atomic E-state index is 6.07. The van der Waals surface area contributed by atoms with E-state index in [1.807, 2.05) is 25.3 Å². The van der Waals surface area contributed by atoms with Gasteiger partial charge in [0.25, 0.3) is 0 Å². The van der Waals surface area contributed by atoms with Crippen LogP contribution in [0, 0.1) is 6.92 Å². The molecule has 0 saturated heterocycles. The fraction of sp³-hybridized carbons (Fsp3) is 0.261. The van der Waals surface area contributed by atoms with E-state index in [9.17, 15) is 0 Å². The number of nitrogens with one attached hydrogen (secondary N) is 1. The minimum atomic E-state index is 0. The van der Waals surface area contributed by atoms with Crippen molar-refractivity contribution in [1.82, 2.24) is 10.3 Å². The van der Waals surface area contributed by atoms with Crippen LogP contribution in [0.4, 0.5) is 0 Å². The second-order valence-electron chi connectivity index (χ2n) is 6.58. The van der Waals surface area contributed by atoms with E-state index in [0.29, 0.717) is 13.2 Å². The van der Waals surface area contributed by atoms with Gasteiger partial charge in [-0.05, 0) is 64.7 Å². The summed E-state index contributed by atoms with van der Waals surface area (Å²) in [6, 6.07) is 16.5. The van der Waals surface area contributed by atoms with Crippen LogP contribution in [0.3, 0.4) is 0 Å². The molecule has 162 valence electrons. The lowest BCUT2D eigenvalue weighted by atomic mass is 10.1. The van der Waals surface area contributed by atoms with Gasteiger partial charge in [0.15, 0.2) is 11.5 Å². The van der Waals surface area contributed by atoms with E-state index < -0.39 is 0 Å². The summed E-state index contributed by atoms with van der Waals surface area (Å²) in [7, 11) is 0. The molecule has 0 radical (unpaired) electrons. The summed E-state index contributed by atoms with van der Waals surface area (Å²) < 4.78 is 12.8. The van der Waals surface area contributed by atoms with Crippen LogP contribution in [0.2, 0.25) is 0 Å². The number of pyridine rings is 1. The van der Waals surface area contributed by atoms with Crippen molar-refractivity contribution >= 4 is 40.7 Å². The molecule has 3 aromatic rings. The Bertz CT molecular complexity index is 894. The number of benzene rings is 2. The van der Waals surface area contributed by atoms with Crippen LogP contribution >= 0.6 is 40.7 Å². The van der Waals surface area contributed by atoms with Crippen LogP contribution in [0.25, 0.3) is 0 Å². The Morgan fingerprint density at radius 2 is 1.67 bits per heavy atom. The quantitative estimate of drug-likeness (QED) is 0.366. The SMILES string of the molecule is CCOc1cc(CNCc2cccnc2)cc(Br)c1OCc1ccc(C)cc1.Cl.Cl. The minimum absolute atomic E-state index is 0. The smallest absolute Gasteiger partial charge is 0.175 e. The largest absolute Gasteiger partial charge is 0.490 e. The molecular formula is C23H27BrCl2N2O2. The molecule has 3 rings (SSSR count). The summed E-state index contributed by atoms with van der Waals surface area (Å²) in [4.78, 5) is 4.14. The number of ether oxygens (including phenoxy) is 2. The van der Waals surface area contributed by atoms with Gasteiger partial charge in [-0.25, -0.2) is 0 Å². The highest BCUT2D eigenvalue weighted by atomic mass is 79.9. The molecule has 0 unspecified atom stereocenters. The van der Waals surface area contributed by atoms with Crippen molar-refractivity contribution in [2.24, 2.45) is 0 Å². The van der Waals surface area contributed by atoms with E-state index in [4.69, 9.17) is 9.47 Å². The van der Waals surface area contributed by atoms with E-state index in [-0.39, 0.29) is 24.8 Å². The molecule has 30 heavy (non-hydrogen) atoms. The summed E-state index contributed by atoms with van der Waals surface area (Å²) >= 11 is 3.65. The van der Waals surface area contributed by atoms with Gasteiger partial charge in [-0.2, -0.15) is 0 Å². The lowest BCUT2D eigenvalue weighted by Crippen LogP contribution is -2.13. The summed E-state index contributed by atoms with van der Waals surface area (Å²) in [6.45, 7) is 6.63. The Balaban J connectivity index is 0.00000225. The molecular weight excluding hydrogens is 487 g/mol. The topological polar surface area (TPSA) is 43.4 Å². The van der Waals surface area contributed by atoms with Crippen LogP contribution in [0.15, 0.2) is 65.4 Å². The van der Waals surface area contributed by atoms with Crippen molar-refractivity contribution in [3.8, 4) is 11.5 Å². The van der Waals surface area contributed by atoms with Gasteiger partial charge < -0.3 is 14.8 Å². The van der Waals surface area contributed by atoms with Crippen molar-refractivity contribution in [3.05, 3.63) is 87.7 Å². The van der Waals surface area contributed by atoms with Gasteiger partial charge in [0.1, 0.15) is 6.61 Å². The normalized spacial score (nSPS) is 9.97. The van der Waals surface area contributed by atoms with Crippen LogP contribution in [0.5, 0.6) is 11.5 Å². The summed E-state index contributed by atoms with van der Waals surface area (Å²) in [5, 5.41) is 3.44. The van der Waals surface area contributed by atoms with Crippen molar-refractivity contribution < 1.29 is 9.47 Å². The molecule has 7 heteroatoms. The van der Waals surface area contributed by atoms with Crippen molar-refractivity contribution in [3.63, 3.8) is 0 Å². The standard InChI is InChI=1S/C23H25BrN2O2.2ClH/c1-3-27-22-12-20(15-26-14-19-5-4-10-25-13-19)11-21(24)23(22)28-16-18-8-6-17(2)7-9-18;;/h4-13,26H,3,14-16H2,1-2H3;2*1H. The molecule has 0 amide bonds. The van der Waals surface area contributed by atoms with Gasteiger partial charge in [-0.1, -0.05) is 35.9 Å². The van der Waals surface area contributed by atoms with Gasteiger partial charge in [-0.15, -0.1) is 24.8 Å². The summed E-state index contributed by atoms with van der Waals surface area (Å²) in [5.74, 6) is 1.49. The zero-order chi connectivity index (χ0) is 19.8. The highest BCUT2D eigenvalue weighted by Crippen LogP contribution is 2.37. The Kier molecular flexibility index (Phi) is 11.8. The molecule has 2 aromatic carbocycles. The fourth-order valence-corrected chi connectivity index (χ4v) is 3.42. The lowest BCUT2D eigenvalue weighted by molar-refractivity contribution is 0.267. The average molecular weight is 514 g/mol. The molecule has 0 fully saturated rings. The first kappa shape index (κ1) is 26.2. The summed E-state index contributed by atoms with van der Waals surface area (Å²) in [6.07, 6.45) is 3.65. The molecule has 0 spiro atoms. The number of aromatic nitrogens is 1. The maximum atomic E-state index is 6.07. The van der Waals surface area contributed by atoms with Crippen molar-refractivity contribution in [1.29, 1.82) is 0 Å². The molecule has 0 bridgehead atoms. The second-order valence-corrected chi connectivity index (χ2v) is 7.43. The lowest BCUT2D eigenvalue weighted by Gasteiger charge is -2.16. The van der Waals surface area contributed by atoms with Crippen LogP contribution in [-0.4, -0.2) is 11.6 Å². The first-order chi connectivity index (χ1) is 13.7. The maximum Gasteiger partial charge on any atom is 0.175 e. The third-order valence-electron chi connectivity index (χ3n) is 4.25. The van der Waals surface area contributed by atoms with E-state index >= 15 is 0 Å². The predicted molar refractivity (Wildman–Crippen MR) is 130 cm³/mol. The molecule has 0 atom stereocenters. The number of hydrogen-bond donors (Lipinski definition) is 1. The van der Waals surface area contributed by atoms with E-state index in [1.165, 1.54) is 5.56 Å². The van der Waals surface area contributed by atoms with E-state index in [2.05, 4.69) is 69.6 Å². The molecule has 1 aromatic heterocycles. The number of rotatable bonds is 9. The predicted octanol–water partition coefficient (Wildman–Crippen LogP) is 6.26. The molecule has 0 aliphatic rings. The summed E-state index contributed by atoms with van der Waals surface area (Å²) in [5.41, 5.74) is 4.65. The number of nitrogens with zero attached hydrogens (tertiary/aromatic N) is 1. The highest BCUT2D eigenvalue weighted by molar-refractivity contribution is 9.10. The first-order valence-corrected chi connectivity index (χ1v) is 10.2. The van der Waals surface area contributed by atoms with Crippen LogP contribution in [0.1, 0.15) is 29.2 Å². The van der Waals surface area contributed by atoms with Gasteiger partial charge in [0.05, 0.1) is 11.1 Å². The van der Waals surface area contributed by atoms with Gasteiger partial charge in [0, 0.05) is 25.5 Å². The van der Waals surface area contributed by atoms with Crippen LogP contribution in [-0.2, 0) is 19.7 Å². The van der Waals surface area contributed by atoms with Gasteiger partial charge >= 0.3 is 0 Å². The van der Waals surface area contributed by atoms with E-state index in [0.717, 1.165) is 45.8 Å². The molecule has 1 heterocycles. The monoisotopic (exact) mass is 512 g/mol. The van der Waals surface area contributed by atoms with Gasteiger partial charge in [-0.3, -0.25) is 4.98 Å². The van der Waals surface area contributed by atoms with Gasteiger partial charge in [0.2, 0.25) is 0 Å². The Morgan fingerprint density at radius 1 is 0.933 bits per heavy atom. The Hall–Kier alpha value is -1.79. The Labute approximate surface area is 199 Å². The number of hydrogen-bond acceptors (Lipinski definition) is 4. The second kappa shape index (κ2) is 13.5. The van der Waals surface area contributed by atoms with E-state index in [1.54, 1.807) is 6.20 Å². The average Bonchev–Trinajstić information content (AvgIpc) is 2.70. The molecule has 0 aliphatic heterocycles. The zero-order valence-corrected chi connectivity index (χ0v) is 20.3. The number of aryl methyl sites for hydroxylation is 1. The zero-order valence-electron chi connectivity index (χ0n) is 17.1. The third-order valence-corrected chi connectivity index (χ3v) is 4.84. The number of halogens is 3. The fourth-order valence-electron chi connectivity index (χ4n) is 2.82. The molecule has 0 saturated carbocycles. The Morgan fingerprint density at radius 3 is 2.33 bits per heavy atom. The van der Waals surface area contributed by atoms with Crippen LogP contribution < -0.4 is 14.8 Å². The molecule has 4 nitrogen and oxygen atoms in total. The molecule has 1 N–H and O–H groups in total. The minimum Gasteiger partial charge on any atom is -0.490 e. The first-order valence-electron chi connectivity index (χ1n) is 9.39. The highest BCUT2D eigenvalue weighted by Gasteiger charge is 2.13. The molecule has 0 aliphatic carbocycles. The van der Waals surface area contributed by atoms with Crippen molar-refractivity contribution in [2.75, 3.05) is 6.61 Å².